The van der Waals surface area contributed by atoms with Crippen LogP contribution in [0.15, 0.2) is 11.0 Å². The van der Waals surface area contributed by atoms with Crippen LogP contribution < -0.4 is 115 Å². The van der Waals surface area contributed by atoms with Gasteiger partial charge < -0.3 is 44.8 Å². The Bertz CT molecular complexity index is 1010. The van der Waals surface area contributed by atoms with Crippen LogP contribution >= 0.6 is 23.5 Å². The first-order valence-electron chi connectivity index (χ1n) is 7.61. The van der Waals surface area contributed by atoms with E-state index in [1.54, 1.807) is 0 Å². The summed E-state index contributed by atoms with van der Waals surface area (Å²) in [6.07, 6.45) is -5.56. The number of phosphoric acid groups is 3. The maximum Gasteiger partial charge on any atom is 1.00 e. The summed E-state index contributed by atoms with van der Waals surface area (Å²) in [6.45, 7) is 0.359. The molecule has 2 heterocycles. The van der Waals surface area contributed by atoms with Crippen molar-refractivity contribution in [1.29, 1.82) is 0 Å². The topological polar surface area (TPSA) is 279 Å². The fourth-order valence-corrected chi connectivity index (χ4v) is 5.21. The first kappa shape index (κ1) is 37.1. The molecular formula is C10H15N3Na3O14P3. The second kappa shape index (κ2) is 14.2. The number of rotatable bonds is 8. The summed E-state index contributed by atoms with van der Waals surface area (Å²) in [4.78, 5) is 56.7. The predicted molar refractivity (Wildman–Crippen MR) is 86.7 cm³/mol. The van der Waals surface area contributed by atoms with E-state index in [4.69, 9.17) is 15.4 Å². The van der Waals surface area contributed by atoms with Gasteiger partial charge in [-0.15, -0.1) is 0 Å². The summed E-state index contributed by atoms with van der Waals surface area (Å²) >= 11 is 0. The van der Waals surface area contributed by atoms with Crippen LogP contribution in [0.4, 0.5) is 5.82 Å². The molecule has 4 unspecified atom stereocenters. The number of nitrogens with two attached hydrogens (primary N) is 1. The van der Waals surface area contributed by atoms with Crippen LogP contribution in [-0.4, -0.2) is 49.6 Å². The first-order valence-corrected chi connectivity index (χ1v) is 12.0. The molecule has 1 aromatic rings. The maximum atomic E-state index is 11.9. The Balaban J connectivity index is 0. The van der Waals surface area contributed by atoms with Gasteiger partial charge in [-0.25, -0.2) is 13.4 Å². The van der Waals surface area contributed by atoms with E-state index in [1.807, 2.05) is 0 Å². The molecule has 0 radical (unpaired) electrons. The number of hydrogen-bond donors (Lipinski definition) is 4. The van der Waals surface area contributed by atoms with E-state index in [0.29, 0.717) is 5.56 Å². The molecule has 1 saturated heterocycles. The molecule has 0 spiro atoms. The molecule has 172 valence electrons. The number of nitrogen functional groups attached to an aromatic ring is 1. The summed E-state index contributed by atoms with van der Waals surface area (Å²) in [5, 5.41) is 20.1. The van der Waals surface area contributed by atoms with Gasteiger partial charge in [-0.1, -0.05) is 0 Å². The van der Waals surface area contributed by atoms with Gasteiger partial charge in [0, 0.05) is 11.8 Å². The van der Waals surface area contributed by atoms with Crippen molar-refractivity contribution >= 4 is 29.3 Å². The summed E-state index contributed by atoms with van der Waals surface area (Å²) in [6, 6.07) is 0. The van der Waals surface area contributed by atoms with Crippen molar-refractivity contribution in [3.8, 4) is 0 Å². The molecule has 0 aromatic carbocycles. The largest absolute Gasteiger partial charge is 1.00 e. The zero-order valence-corrected chi connectivity index (χ0v) is 26.4. The number of aryl methyl sites for hydroxylation is 1. The van der Waals surface area contributed by atoms with Crippen LogP contribution in [0.2, 0.25) is 0 Å². The van der Waals surface area contributed by atoms with E-state index in [2.05, 4.69) is 18.1 Å². The maximum absolute atomic E-state index is 11.9. The number of aromatic nitrogens is 2. The Labute approximate surface area is 252 Å². The van der Waals surface area contributed by atoms with Crippen LogP contribution in [0.3, 0.4) is 0 Å². The van der Waals surface area contributed by atoms with Crippen molar-refractivity contribution in [3.05, 3.63) is 22.2 Å². The van der Waals surface area contributed by atoms with Gasteiger partial charge in [-0.2, -0.15) is 4.98 Å². The number of aliphatic hydroxyl groups excluding tert-OH is 2. The van der Waals surface area contributed by atoms with Gasteiger partial charge in [-0.3, -0.25) is 18.3 Å². The minimum Gasteiger partial charge on any atom is -0.756 e. The molecular weight excluding hydrogens is 548 g/mol. The number of ether oxygens (including phenoxy) is 1. The second-order valence-corrected chi connectivity index (χ2v) is 10.2. The SMILES string of the molecule is Cc1cn([C@@H]2O[C@H](COP(=O)([O-])OP(=O)([O-])OP(=O)([O-])O)C(O)[C@@H]2O)c(=O)nc1N.[Na+].[Na+].[Na+]. The first-order chi connectivity index (χ1) is 13.5. The Morgan fingerprint density at radius 3 is 2.18 bits per heavy atom. The van der Waals surface area contributed by atoms with E-state index >= 15 is 0 Å². The van der Waals surface area contributed by atoms with Gasteiger partial charge in [0.25, 0.3) is 23.5 Å². The van der Waals surface area contributed by atoms with Crippen molar-refractivity contribution in [2.45, 2.75) is 31.5 Å². The van der Waals surface area contributed by atoms with Gasteiger partial charge in [-0.05, 0) is 6.92 Å². The third-order valence-electron chi connectivity index (χ3n) is 3.59. The van der Waals surface area contributed by atoms with Crippen molar-refractivity contribution in [3.63, 3.8) is 0 Å². The predicted octanol–water partition coefficient (Wildman–Crippen LogP) is -12.8. The summed E-state index contributed by atoms with van der Waals surface area (Å²) < 4.78 is 49.7. The van der Waals surface area contributed by atoms with Crippen LogP contribution in [0.5, 0.6) is 0 Å². The van der Waals surface area contributed by atoms with Crippen LogP contribution in [0.25, 0.3) is 0 Å². The number of aliphatic hydroxyl groups is 2. The molecule has 7 atom stereocenters. The molecule has 17 nitrogen and oxygen atoms in total. The van der Waals surface area contributed by atoms with E-state index < -0.39 is 60.3 Å². The smallest absolute Gasteiger partial charge is 0.756 e. The van der Waals surface area contributed by atoms with Crippen LogP contribution in [0, 0.1) is 6.92 Å². The Morgan fingerprint density at radius 2 is 1.67 bits per heavy atom. The normalized spacial score (nSPS) is 27.6. The van der Waals surface area contributed by atoms with E-state index in [9.17, 15) is 43.4 Å². The minimum absolute atomic E-state index is 0. The molecule has 0 aliphatic carbocycles. The minimum atomic E-state index is -6.10. The monoisotopic (exact) mass is 563 g/mol. The molecule has 1 aromatic heterocycles. The molecule has 2 rings (SSSR count). The van der Waals surface area contributed by atoms with Crippen molar-refractivity contribution in [1.82, 2.24) is 9.55 Å². The Kier molecular flexibility index (Phi) is 16.0. The molecule has 1 aliphatic heterocycles. The summed E-state index contributed by atoms with van der Waals surface area (Å²) in [5.41, 5.74) is 4.84. The van der Waals surface area contributed by atoms with Gasteiger partial charge in [0.15, 0.2) is 6.23 Å². The molecule has 33 heavy (non-hydrogen) atoms. The molecule has 0 saturated carbocycles. The quantitative estimate of drug-likeness (QED) is 0.169. The summed E-state index contributed by atoms with van der Waals surface area (Å²) in [5.74, 6) is -0.0941. The second-order valence-electron chi connectivity index (χ2n) is 5.87. The zero-order valence-electron chi connectivity index (χ0n) is 17.7. The fourth-order valence-electron chi connectivity index (χ4n) is 2.31. The Morgan fingerprint density at radius 1 is 1.12 bits per heavy atom. The third-order valence-corrected chi connectivity index (χ3v) is 7.28. The number of nitrogens with zero attached hydrogens (tertiary/aromatic N) is 2. The number of hydrogen-bond acceptors (Lipinski definition) is 15. The van der Waals surface area contributed by atoms with E-state index in [-0.39, 0.29) is 94.5 Å². The van der Waals surface area contributed by atoms with Gasteiger partial charge in [0.2, 0.25) is 0 Å². The van der Waals surface area contributed by atoms with Crippen LogP contribution in [0.1, 0.15) is 11.8 Å². The molecule has 1 aliphatic rings. The molecule has 1 fully saturated rings. The van der Waals surface area contributed by atoms with Crippen LogP contribution in [-0.2, 0) is 31.6 Å². The standard InChI is InChI=1S/C10H18N3O14P3.3Na/c1-4-2-13(10(16)12-8(4)11)9-7(15)6(14)5(25-9)3-24-29(20,21)27-30(22,23)26-28(17,18)19;;;/h2,5-7,9,14-15H,3H2,1H3,(H,20,21)(H,22,23)(H2,11,12,16)(H2,17,18,19);;;/q;3*+1/p-3/t5-,6?,7+,9-;;;/m1.../s1. The number of phosphoric ester groups is 1. The fraction of sp³-hybridized carbons (Fsp3) is 0.600. The van der Waals surface area contributed by atoms with Crippen molar-refractivity contribution < 1.29 is 150 Å². The number of anilines is 1. The van der Waals surface area contributed by atoms with Crippen molar-refractivity contribution in [2.24, 2.45) is 0 Å². The third kappa shape index (κ3) is 11.1. The van der Waals surface area contributed by atoms with Gasteiger partial charge in [0.1, 0.15) is 24.1 Å². The average molecular weight is 563 g/mol. The molecule has 23 heteroatoms. The van der Waals surface area contributed by atoms with E-state index in [1.165, 1.54) is 6.92 Å². The van der Waals surface area contributed by atoms with Gasteiger partial charge >= 0.3 is 94.4 Å². The average Bonchev–Trinajstić information content (AvgIpc) is 2.81. The molecule has 0 bridgehead atoms. The Hall–Kier alpha value is 1.97. The van der Waals surface area contributed by atoms with E-state index in [0.717, 1.165) is 10.8 Å². The van der Waals surface area contributed by atoms with Crippen molar-refractivity contribution in [2.75, 3.05) is 12.3 Å². The molecule has 5 N–H and O–H groups in total. The van der Waals surface area contributed by atoms with Gasteiger partial charge in [0.05, 0.1) is 6.61 Å². The molecule has 0 amide bonds. The summed E-state index contributed by atoms with van der Waals surface area (Å²) in [7, 11) is -17.8. The zero-order chi connectivity index (χ0) is 23.1.